The quantitative estimate of drug-likeness (QED) is 0.789. The van der Waals surface area contributed by atoms with Crippen molar-refractivity contribution < 1.29 is 9.53 Å². The maximum Gasteiger partial charge on any atom is 0.226 e. The van der Waals surface area contributed by atoms with E-state index in [2.05, 4.69) is 0 Å². The number of benzene rings is 2. The number of hydrogen-bond donors (Lipinski definition) is 0. The van der Waals surface area contributed by atoms with Gasteiger partial charge >= 0.3 is 0 Å². The number of carbonyl (C=O) groups is 1. The molecule has 4 heteroatoms. The van der Waals surface area contributed by atoms with Crippen LogP contribution in [0.15, 0.2) is 48.5 Å². The number of halogens is 1. The minimum Gasteiger partial charge on any atom is -0.497 e. The van der Waals surface area contributed by atoms with Crippen molar-refractivity contribution in [2.24, 2.45) is 5.92 Å². The van der Waals surface area contributed by atoms with Gasteiger partial charge in [-0.1, -0.05) is 41.9 Å². The number of methoxy groups -OCH3 is 1. The van der Waals surface area contributed by atoms with E-state index < -0.39 is 0 Å². The fourth-order valence-electron chi connectivity index (χ4n) is 3.15. The van der Waals surface area contributed by atoms with Crippen molar-refractivity contribution in [1.82, 2.24) is 4.90 Å². The van der Waals surface area contributed by atoms with Crippen LogP contribution in [0.4, 0.5) is 0 Å². The Morgan fingerprint density at radius 1 is 1.21 bits per heavy atom. The summed E-state index contributed by atoms with van der Waals surface area (Å²) >= 11 is 6.26. The van der Waals surface area contributed by atoms with Gasteiger partial charge in [0.2, 0.25) is 5.91 Å². The lowest BCUT2D eigenvalue weighted by atomic mass is 10.1. The third-order valence-corrected chi connectivity index (χ3v) is 5.28. The molecule has 0 bridgehead atoms. The second kappa shape index (κ2) is 6.86. The summed E-state index contributed by atoms with van der Waals surface area (Å²) in [6.45, 7) is 2.05. The normalized spacial score (nSPS) is 20.3. The van der Waals surface area contributed by atoms with Gasteiger partial charge in [-0.3, -0.25) is 4.79 Å². The molecule has 0 N–H and O–H groups in total. The van der Waals surface area contributed by atoms with Gasteiger partial charge in [0.15, 0.2) is 0 Å². The summed E-state index contributed by atoms with van der Waals surface area (Å²) in [5.74, 6) is 1.29. The summed E-state index contributed by atoms with van der Waals surface area (Å²) in [4.78, 5) is 14.6. The Bertz CT molecular complexity index is 729. The zero-order chi connectivity index (χ0) is 17.3. The molecule has 0 aromatic heterocycles. The van der Waals surface area contributed by atoms with Gasteiger partial charge in [-0.2, -0.15) is 0 Å². The second-order valence-electron chi connectivity index (χ2n) is 6.37. The number of hydrogen-bond acceptors (Lipinski definition) is 2. The van der Waals surface area contributed by atoms with E-state index in [0.29, 0.717) is 0 Å². The van der Waals surface area contributed by atoms with Crippen LogP contribution in [-0.4, -0.2) is 25.0 Å². The Labute approximate surface area is 148 Å². The van der Waals surface area contributed by atoms with Gasteiger partial charge in [-0.15, -0.1) is 0 Å². The van der Waals surface area contributed by atoms with Gasteiger partial charge in [-0.05, 0) is 48.6 Å². The Morgan fingerprint density at radius 3 is 2.50 bits per heavy atom. The van der Waals surface area contributed by atoms with Crippen LogP contribution in [0.2, 0.25) is 5.02 Å². The first-order chi connectivity index (χ1) is 11.5. The summed E-state index contributed by atoms with van der Waals surface area (Å²) in [6, 6.07) is 15.7. The van der Waals surface area contributed by atoms with E-state index in [4.69, 9.17) is 16.3 Å². The fourth-order valence-corrected chi connectivity index (χ4v) is 3.42. The molecule has 3 unspecified atom stereocenters. The molecule has 24 heavy (non-hydrogen) atoms. The van der Waals surface area contributed by atoms with E-state index in [9.17, 15) is 4.79 Å². The van der Waals surface area contributed by atoms with Crippen LogP contribution in [-0.2, 0) is 4.79 Å². The van der Waals surface area contributed by atoms with Crippen molar-refractivity contribution in [3.63, 3.8) is 0 Å². The van der Waals surface area contributed by atoms with E-state index in [1.807, 2.05) is 67.4 Å². The van der Waals surface area contributed by atoms with E-state index in [1.165, 1.54) is 0 Å². The van der Waals surface area contributed by atoms with Gasteiger partial charge in [0, 0.05) is 18.0 Å². The number of carbonyl (C=O) groups excluding carboxylic acids is 1. The number of nitrogens with zero attached hydrogens (tertiary/aromatic N) is 1. The highest BCUT2D eigenvalue weighted by atomic mass is 35.5. The van der Waals surface area contributed by atoms with Crippen LogP contribution in [0.3, 0.4) is 0 Å². The summed E-state index contributed by atoms with van der Waals surface area (Å²) in [5.41, 5.74) is 2.18. The zero-order valence-electron chi connectivity index (χ0n) is 14.2. The molecule has 0 radical (unpaired) electrons. The average Bonchev–Trinajstić information content (AvgIpc) is 3.41. The van der Waals surface area contributed by atoms with Gasteiger partial charge in [0.1, 0.15) is 5.75 Å². The van der Waals surface area contributed by atoms with Crippen molar-refractivity contribution >= 4 is 17.5 Å². The first-order valence-corrected chi connectivity index (χ1v) is 8.55. The molecule has 1 saturated carbocycles. The molecule has 1 amide bonds. The molecule has 3 atom stereocenters. The molecule has 0 spiro atoms. The predicted molar refractivity (Wildman–Crippen MR) is 96.5 cm³/mol. The lowest BCUT2D eigenvalue weighted by Gasteiger charge is -2.26. The topological polar surface area (TPSA) is 29.5 Å². The molecule has 2 aromatic rings. The van der Waals surface area contributed by atoms with Crippen molar-refractivity contribution in [2.75, 3.05) is 14.2 Å². The molecule has 0 saturated heterocycles. The molecular weight excluding hydrogens is 322 g/mol. The largest absolute Gasteiger partial charge is 0.497 e. The van der Waals surface area contributed by atoms with Crippen LogP contribution in [0, 0.1) is 5.92 Å². The lowest BCUT2D eigenvalue weighted by molar-refractivity contribution is -0.133. The third kappa shape index (κ3) is 3.27. The average molecular weight is 344 g/mol. The van der Waals surface area contributed by atoms with Gasteiger partial charge in [0.25, 0.3) is 0 Å². The highest BCUT2D eigenvalue weighted by Crippen LogP contribution is 2.50. The third-order valence-electron chi connectivity index (χ3n) is 4.94. The van der Waals surface area contributed by atoms with E-state index in [0.717, 1.165) is 28.3 Å². The Balaban J connectivity index is 1.68. The summed E-state index contributed by atoms with van der Waals surface area (Å²) in [5, 5.41) is 0.753. The Hall–Kier alpha value is -2.00. The molecule has 1 aliphatic carbocycles. The minimum absolute atomic E-state index is 0.0240. The monoisotopic (exact) mass is 343 g/mol. The zero-order valence-corrected chi connectivity index (χ0v) is 15.0. The van der Waals surface area contributed by atoms with E-state index in [1.54, 1.807) is 7.11 Å². The number of ether oxygens (including phenoxy) is 1. The highest BCUT2D eigenvalue weighted by molar-refractivity contribution is 6.31. The lowest BCUT2D eigenvalue weighted by Crippen LogP contribution is -2.31. The first-order valence-electron chi connectivity index (χ1n) is 8.18. The first kappa shape index (κ1) is 16.8. The summed E-state index contributed by atoms with van der Waals surface area (Å²) < 4.78 is 5.19. The molecule has 0 aliphatic heterocycles. The predicted octanol–water partition coefficient (Wildman–Crippen LogP) is 4.67. The molecule has 126 valence electrons. The fraction of sp³-hybridized carbons (Fsp3) is 0.350. The summed E-state index contributed by atoms with van der Waals surface area (Å²) in [6.07, 6.45) is 0.877. The van der Waals surface area contributed by atoms with Crippen LogP contribution in [0.1, 0.15) is 36.4 Å². The maximum atomic E-state index is 12.8. The molecule has 0 heterocycles. The highest BCUT2D eigenvalue weighted by Gasteiger charge is 2.46. The standard InChI is InChI=1S/C20H22ClNO2/c1-13(14-8-10-15(24-3)11-9-14)22(2)20(23)18-12-17(18)16-6-4-5-7-19(16)21/h4-11,13,17-18H,12H2,1-3H3. The van der Waals surface area contributed by atoms with Crippen LogP contribution in [0.5, 0.6) is 5.75 Å². The maximum absolute atomic E-state index is 12.8. The Kier molecular flexibility index (Phi) is 4.81. The van der Waals surface area contributed by atoms with Crippen molar-refractivity contribution in [3.05, 3.63) is 64.7 Å². The second-order valence-corrected chi connectivity index (χ2v) is 6.78. The number of rotatable bonds is 5. The van der Waals surface area contributed by atoms with Crippen molar-refractivity contribution in [1.29, 1.82) is 0 Å². The van der Waals surface area contributed by atoms with E-state index in [-0.39, 0.29) is 23.8 Å². The van der Waals surface area contributed by atoms with Gasteiger partial charge in [-0.25, -0.2) is 0 Å². The molecular formula is C20H22ClNO2. The van der Waals surface area contributed by atoms with Crippen molar-refractivity contribution in [2.45, 2.75) is 25.3 Å². The van der Waals surface area contributed by atoms with Crippen LogP contribution < -0.4 is 4.74 Å². The number of amides is 1. The minimum atomic E-state index is 0.0240. The SMILES string of the molecule is COc1ccc(C(C)N(C)C(=O)C2CC2c2ccccc2Cl)cc1. The molecule has 1 aliphatic rings. The Morgan fingerprint density at radius 2 is 1.88 bits per heavy atom. The summed E-state index contributed by atoms with van der Waals surface area (Å²) in [7, 11) is 3.52. The molecule has 1 fully saturated rings. The van der Waals surface area contributed by atoms with Crippen molar-refractivity contribution in [3.8, 4) is 5.75 Å². The molecule has 3 rings (SSSR count). The van der Waals surface area contributed by atoms with Gasteiger partial charge in [0.05, 0.1) is 13.2 Å². The van der Waals surface area contributed by atoms with Gasteiger partial charge < -0.3 is 9.64 Å². The van der Waals surface area contributed by atoms with Crippen LogP contribution >= 0.6 is 11.6 Å². The molecule has 2 aromatic carbocycles. The van der Waals surface area contributed by atoms with Crippen LogP contribution in [0.25, 0.3) is 0 Å². The smallest absolute Gasteiger partial charge is 0.226 e. The molecule has 3 nitrogen and oxygen atoms in total. The van der Waals surface area contributed by atoms with E-state index >= 15 is 0 Å².